The number of ketones is 1. The van der Waals surface area contributed by atoms with Crippen molar-refractivity contribution in [2.24, 2.45) is 0 Å². The van der Waals surface area contributed by atoms with Crippen LogP contribution in [0, 0.1) is 0 Å². The summed E-state index contributed by atoms with van der Waals surface area (Å²) in [7, 11) is 1.57. The molecule has 0 aliphatic heterocycles. The molecule has 0 fully saturated rings. The van der Waals surface area contributed by atoms with Gasteiger partial charge in [0.1, 0.15) is 5.75 Å². The van der Waals surface area contributed by atoms with Gasteiger partial charge in [-0.1, -0.05) is 12.1 Å². The number of rotatable bonds is 4. The molecule has 0 radical (unpaired) electrons. The van der Waals surface area contributed by atoms with Crippen molar-refractivity contribution < 1.29 is 9.53 Å². The van der Waals surface area contributed by atoms with Gasteiger partial charge in [0, 0.05) is 35.6 Å². The van der Waals surface area contributed by atoms with Crippen molar-refractivity contribution in [3.63, 3.8) is 0 Å². The molecule has 0 unspecified atom stereocenters. The highest BCUT2D eigenvalue weighted by Gasteiger charge is 2.10. The number of methoxy groups -OCH3 is 1. The van der Waals surface area contributed by atoms with Gasteiger partial charge in [-0.15, -0.1) is 0 Å². The second kappa shape index (κ2) is 5.31. The molecular weight excluding hydrogens is 228 g/mol. The lowest BCUT2D eigenvalue weighted by Gasteiger charge is -2.05. The second-order valence-corrected chi connectivity index (χ2v) is 3.91. The number of carbonyl (C=O) groups excluding carboxylic acids is 1. The Balaban J connectivity index is 2.19. The van der Waals surface area contributed by atoms with Crippen molar-refractivity contribution in [1.82, 2.24) is 4.98 Å². The number of nitrogens with two attached hydrogens (primary N) is 1. The minimum Gasteiger partial charge on any atom is -0.497 e. The van der Waals surface area contributed by atoms with Crippen LogP contribution in [-0.4, -0.2) is 17.9 Å². The first kappa shape index (κ1) is 12.1. The summed E-state index contributed by atoms with van der Waals surface area (Å²) in [5, 5.41) is 0. The number of hydrogen-bond donors (Lipinski definition) is 1. The van der Waals surface area contributed by atoms with Crippen LogP contribution in [0.4, 0.5) is 5.69 Å². The van der Waals surface area contributed by atoms with Crippen molar-refractivity contribution >= 4 is 11.5 Å². The standard InChI is InChI=1S/C14H14N2O2/c1-18-12-4-2-3-10(7-12)14(17)8-11-9-16-6-5-13(11)15/h2-7,9H,8H2,1H3,(H2,15,16). The summed E-state index contributed by atoms with van der Waals surface area (Å²) in [6.07, 6.45) is 3.47. The van der Waals surface area contributed by atoms with E-state index in [1.54, 1.807) is 49.8 Å². The Bertz CT molecular complexity index is 567. The van der Waals surface area contributed by atoms with Crippen LogP contribution in [-0.2, 0) is 6.42 Å². The van der Waals surface area contributed by atoms with Gasteiger partial charge < -0.3 is 10.5 Å². The normalized spacial score (nSPS) is 10.1. The monoisotopic (exact) mass is 242 g/mol. The Labute approximate surface area is 105 Å². The molecule has 1 aromatic heterocycles. The van der Waals surface area contributed by atoms with Crippen LogP contribution >= 0.6 is 0 Å². The maximum atomic E-state index is 12.1. The largest absolute Gasteiger partial charge is 0.497 e. The molecule has 1 aromatic carbocycles. The minimum atomic E-state index is -0.00593. The first-order valence-corrected chi connectivity index (χ1v) is 5.56. The first-order valence-electron chi connectivity index (χ1n) is 5.56. The van der Waals surface area contributed by atoms with Gasteiger partial charge in [0.2, 0.25) is 0 Å². The number of anilines is 1. The summed E-state index contributed by atoms with van der Waals surface area (Å²) < 4.78 is 5.09. The van der Waals surface area contributed by atoms with E-state index in [-0.39, 0.29) is 12.2 Å². The van der Waals surface area contributed by atoms with Crippen LogP contribution in [0.25, 0.3) is 0 Å². The number of benzene rings is 1. The van der Waals surface area contributed by atoms with Crippen LogP contribution in [0.3, 0.4) is 0 Å². The van der Waals surface area contributed by atoms with Gasteiger partial charge in [-0.3, -0.25) is 9.78 Å². The zero-order valence-corrected chi connectivity index (χ0v) is 10.1. The maximum Gasteiger partial charge on any atom is 0.167 e. The lowest BCUT2D eigenvalue weighted by molar-refractivity contribution is 0.0992. The minimum absolute atomic E-state index is 0.00593. The van der Waals surface area contributed by atoms with E-state index in [0.29, 0.717) is 17.0 Å². The van der Waals surface area contributed by atoms with Gasteiger partial charge in [0.25, 0.3) is 0 Å². The quantitative estimate of drug-likeness (QED) is 0.834. The zero-order valence-electron chi connectivity index (χ0n) is 10.1. The highest BCUT2D eigenvalue weighted by molar-refractivity contribution is 5.98. The highest BCUT2D eigenvalue weighted by atomic mass is 16.5. The van der Waals surface area contributed by atoms with Crippen LogP contribution in [0.2, 0.25) is 0 Å². The van der Waals surface area contributed by atoms with E-state index in [0.717, 1.165) is 5.56 Å². The average Bonchev–Trinajstić information content (AvgIpc) is 2.41. The number of aromatic nitrogens is 1. The van der Waals surface area contributed by atoms with Gasteiger partial charge in [-0.05, 0) is 18.2 Å². The molecule has 0 spiro atoms. The van der Waals surface area contributed by atoms with Gasteiger partial charge in [-0.2, -0.15) is 0 Å². The summed E-state index contributed by atoms with van der Waals surface area (Å²) in [6.45, 7) is 0. The van der Waals surface area contributed by atoms with Crippen molar-refractivity contribution in [3.05, 3.63) is 53.9 Å². The molecule has 4 nitrogen and oxygen atoms in total. The molecule has 1 heterocycles. The molecule has 2 N–H and O–H groups in total. The zero-order chi connectivity index (χ0) is 13.0. The number of hydrogen-bond acceptors (Lipinski definition) is 4. The number of nitrogens with zero attached hydrogens (tertiary/aromatic N) is 1. The predicted octanol–water partition coefficient (Wildman–Crippen LogP) is 2.10. The molecule has 0 bridgehead atoms. The maximum absolute atomic E-state index is 12.1. The fourth-order valence-corrected chi connectivity index (χ4v) is 1.66. The molecule has 2 rings (SSSR count). The number of pyridine rings is 1. The van der Waals surface area contributed by atoms with Crippen molar-refractivity contribution in [3.8, 4) is 5.75 Å². The van der Waals surface area contributed by atoms with Crippen molar-refractivity contribution in [2.45, 2.75) is 6.42 Å². The topological polar surface area (TPSA) is 65.2 Å². The third kappa shape index (κ3) is 2.66. The van der Waals surface area contributed by atoms with Crippen molar-refractivity contribution in [1.29, 1.82) is 0 Å². The number of carbonyl (C=O) groups is 1. The Morgan fingerprint density at radius 1 is 1.39 bits per heavy atom. The van der Waals surface area contributed by atoms with Gasteiger partial charge >= 0.3 is 0 Å². The summed E-state index contributed by atoms with van der Waals surface area (Å²) in [6, 6.07) is 8.76. The first-order chi connectivity index (χ1) is 8.70. The van der Waals surface area contributed by atoms with E-state index in [1.807, 2.05) is 0 Å². The molecule has 0 saturated heterocycles. The summed E-state index contributed by atoms with van der Waals surface area (Å²) in [5.41, 5.74) is 7.72. The van der Waals surface area contributed by atoms with E-state index in [1.165, 1.54) is 0 Å². The number of Topliss-reactive ketones (excluding diaryl/α,β-unsaturated/α-hetero) is 1. The third-order valence-electron chi connectivity index (χ3n) is 2.68. The number of ether oxygens (including phenoxy) is 1. The molecule has 0 amide bonds. The van der Waals surface area contributed by atoms with Gasteiger partial charge in [0.15, 0.2) is 5.78 Å². The summed E-state index contributed by atoms with van der Waals surface area (Å²) >= 11 is 0. The predicted molar refractivity (Wildman–Crippen MR) is 69.7 cm³/mol. The van der Waals surface area contributed by atoms with Crippen molar-refractivity contribution in [2.75, 3.05) is 12.8 Å². The lowest BCUT2D eigenvalue weighted by Crippen LogP contribution is -2.06. The Kier molecular flexibility index (Phi) is 3.57. The lowest BCUT2D eigenvalue weighted by atomic mass is 10.0. The molecule has 2 aromatic rings. The average molecular weight is 242 g/mol. The summed E-state index contributed by atoms with van der Waals surface area (Å²) in [4.78, 5) is 16.1. The molecule has 0 atom stereocenters. The van der Waals surface area contributed by atoms with E-state index in [9.17, 15) is 4.79 Å². The Morgan fingerprint density at radius 2 is 2.22 bits per heavy atom. The Hall–Kier alpha value is -2.36. The van der Waals surface area contributed by atoms with E-state index in [2.05, 4.69) is 4.98 Å². The molecular formula is C14H14N2O2. The SMILES string of the molecule is COc1cccc(C(=O)Cc2cnccc2N)c1. The molecule has 0 aliphatic carbocycles. The number of nitrogen functional groups attached to an aromatic ring is 1. The van der Waals surface area contributed by atoms with Crippen LogP contribution in [0.5, 0.6) is 5.75 Å². The molecule has 18 heavy (non-hydrogen) atoms. The smallest absolute Gasteiger partial charge is 0.167 e. The van der Waals surface area contributed by atoms with Gasteiger partial charge in [0.05, 0.1) is 7.11 Å². The van der Waals surface area contributed by atoms with E-state index >= 15 is 0 Å². The third-order valence-corrected chi connectivity index (χ3v) is 2.68. The summed E-state index contributed by atoms with van der Waals surface area (Å²) in [5.74, 6) is 0.661. The Morgan fingerprint density at radius 3 is 2.94 bits per heavy atom. The second-order valence-electron chi connectivity index (χ2n) is 3.91. The van der Waals surface area contributed by atoms with E-state index in [4.69, 9.17) is 10.5 Å². The van der Waals surface area contributed by atoms with E-state index < -0.39 is 0 Å². The molecule has 4 heteroatoms. The van der Waals surface area contributed by atoms with Crippen LogP contribution in [0.1, 0.15) is 15.9 Å². The fourth-order valence-electron chi connectivity index (χ4n) is 1.66. The molecule has 0 saturated carbocycles. The molecule has 0 aliphatic rings. The highest BCUT2D eigenvalue weighted by Crippen LogP contribution is 2.16. The molecule has 92 valence electrons. The van der Waals surface area contributed by atoms with Gasteiger partial charge in [-0.25, -0.2) is 0 Å². The van der Waals surface area contributed by atoms with Crippen LogP contribution < -0.4 is 10.5 Å². The van der Waals surface area contributed by atoms with Crippen LogP contribution in [0.15, 0.2) is 42.7 Å². The fraction of sp³-hybridized carbons (Fsp3) is 0.143.